The molecule has 2 heterocycles. The van der Waals surface area contributed by atoms with Crippen molar-refractivity contribution in [2.24, 2.45) is 5.73 Å². The van der Waals surface area contributed by atoms with Crippen LogP contribution in [-0.4, -0.2) is 20.7 Å². The molecule has 1 aromatic carbocycles. The third kappa shape index (κ3) is 1.88. The number of hydrogen-bond acceptors (Lipinski definition) is 3. The molecule has 96 valence electrons. The summed E-state index contributed by atoms with van der Waals surface area (Å²) in [5.41, 5.74) is 6.90. The molecule has 0 unspecified atom stereocenters. The third-order valence-corrected chi connectivity index (χ3v) is 2.98. The SMILES string of the molecule is NCc1cc(=O)[nH]n1C(=O)c1cc2ccccc2[nH]1. The van der Waals surface area contributed by atoms with Crippen LogP contribution in [0.3, 0.4) is 0 Å². The topological polar surface area (TPSA) is 96.7 Å². The summed E-state index contributed by atoms with van der Waals surface area (Å²) in [5, 5.41) is 3.39. The van der Waals surface area contributed by atoms with Crippen LogP contribution in [0.2, 0.25) is 0 Å². The lowest BCUT2D eigenvalue weighted by molar-refractivity contribution is 0.0937. The van der Waals surface area contributed by atoms with E-state index in [1.165, 1.54) is 10.7 Å². The van der Waals surface area contributed by atoms with Crippen LogP contribution >= 0.6 is 0 Å². The molecule has 0 bridgehead atoms. The molecule has 3 rings (SSSR count). The molecule has 4 N–H and O–H groups in total. The number of nitrogens with two attached hydrogens (primary N) is 1. The first-order valence-corrected chi connectivity index (χ1v) is 5.82. The van der Waals surface area contributed by atoms with E-state index in [9.17, 15) is 9.59 Å². The van der Waals surface area contributed by atoms with E-state index in [2.05, 4.69) is 10.1 Å². The molecule has 0 saturated carbocycles. The molecule has 2 aromatic heterocycles. The summed E-state index contributed by atoms with van der Waals surface area (Å²) in [7, 11) is 0. The Bertz CT molecular complexity index is 776. The Morgan fingerprint density at radius 2 is 2.05 bits per heavy atom. The Morgan fingerprint density at radius 3 is 2.79 bits per heavy atom. The molecule has 0 aliphatic rings. The number of fused-ring (bicyclic) bond motifs is 1. The van der Waals surface area contributed by atoms with Crippen molar-refractivity contribution < 1.29 is 4.79 Å². The van der Waals surface area contributed by atoms with Crippen LogP contribution in [0.1, 0.15) is 16.2 Å². The van der Waals surface area contributed by atoms with Crippen molar-refractivity contribution >= 4 is 16.8 Å². The van der Waals surface area contributed by atoms with Crippen molar-refractivity contribution in [3.8, 4) is 0 Å². The van der Waals surface area contributed by atoms with Gasteiger partial charge in [-0.25, -0.2) is 4.68 Å². The predicted molar refractivity (Wildman–Crippen MR) is 71.0 cm³/mol. The van der Waals surface area contributed by atoms with Crippen LogP contribution in [0.15, 0.2) is 41.2 Å². The zero-order chi connectivity index (χ0) is 13.4. The van der Waals surface area contributed by atoms with Crippen LogP contribution in [0.25, 0.3) is 10.9 Å². The fourth-order valence-corrected chi connectivity index (χ4v) is 2.07. The first-order valence-electron chi connectivity index (χ1n) is 5.82. The van der Waals surface area contributed by atoms with Gasteiger partial charge in [-0.1, -0.05) is 18.2 Å². The zero-order valence-electron chi connectivity index (χ0n) is 10.0. The van der Waals surface area contributed by atoms with Gasteiger partial charge < -0.3 is 10.7 Å². The molecular weight excluding hydrogens is 244 g/mol. The number of H-pyrrole nitrogens is 2. The number of benzene rings is 1. The van der Waals surface area contributed by atoms with Crippen molar-refractivity contribution in [2.75, 3.05) is 0 Å². The summed E-state index contributed by atoms with van der Waals surface area (Å²) in [4.78, 5) is 26.6. The van der Waals surface area contributed by atoms with E-state index >= 15 is 0 Å². The molecule has 0 aliphatic heterocycles. The van der Waals surface area contributed by atoms with E-state index in [1.54, 1.807) is 6.07 Å². The smallest absolute Gasteiger partial charge is 0.293 e. The van der Waals surface area contributed by atoms with Gasteiger partial charge in [0.1, 0.15) is 5.69 Å². The predicted octanol–water partition coefficient (Wildman–Crippen LogP) is 0.805. The molecule has 0 amide bonds. The van der Waals surface area contributed by atoms with E-state index < -0.39 is 0 Å². The van der Waals surface area contributed by atoms with Crippen molar-refractivity contribution in [3.05, 3.63) is 58.1 Å². The van der Waals surface area contributed by atoms with Gasteiger partial charge in [0, 0.05) is 23.5 Å². The average molecular weight is 256 g/mol. The van der Waals surface area contributed by atoms with Gasteiger partial charge in [-0.15, -0.1) is 0 Å². The van der Waals surface area contributed by atoms with E-state index in [4.69, 9.17) is 5.73 Å². The Labute approximate surface area is 107 Å². The molecule has 0 spiro atoms. The molecule has 0 radical (unpaired) electrons. The van der Waals surface area contributed by atoms with Gasteiger partial charge >= 0.3 is 0 Å². The molecular formula is C13H12N4O2. The highest BCUT2D eigenvalue weighted by atomic mass is 16.2. The summed E-state index contributed by atoms with van der Waals surface area (Å²) >= 11 is 0. The highest BCUT2D eigenvalue weighted by Crippen LogP contribution is 2.15. The summed E-state index contributed by atoms with van der Waals surface area (Å²) in [6.45, 7) is 0.116. The standard InChI is InChI=1S/C13H12N4O2/c14-7-9-6-12(18)16-17(9)13(19)11-5-8-3-1-2-4-10(8)15-11/h1-6,15H,7,14H2,(H,16,18). The highest BCUT2D eigenvalue weighted by molar-refractivity contribution is 5.99. The molecule has 0 fully saturated rings. The van der Waals surface area contributed by atoms with Crippen molar-refractivity contribution in [1.82, 2.24) is 14.8 Å². The van der Waals surface area contributed by atoms with Gasteiger partial charge in [0.25, 0.3) is 11.5 Å². The zero-order valence-corrected chi connectivity index (χ0v) is 10.0. The van der Waals surface area contributed by atoms with E-state index in [0.29, 0.717) is 11.4 Å². The Hall–Kier alpha value is -2.60. The minimum absolute atomic E-state index is 0.116. The summed E-state index contributed by atoms with van der Waals surface area (Å²) in [5.74, 6) is -0.334. The van der Waals surface area contributed by atoms with Gasteiger partial charge in [0.2, 0.25) is 0 Å². The molecule has 19 heavy (non-hydrogen) atoms. The maximum absolute atomic E-state index is 12.3. The Morgan fingerprint density at radius 1 is 1.26 bits per heavy atom. The van der Waals surface area contributed by atoms with Crippen LogP contribution < -0.4 is 11.3 Å². The number of aromatic nitrogens is 3. The Kier molecular flexibility index (Phi) is 2.57. The fourth-order valence-electron chi connectivity index (χ4n) is 2.07. The molecule has 6 heteroatoms. The lowest BCUT2D eigenvalue weighted by Gasteiger charge is -2.02. The summed E-state index contributed by atoms with van der Waals surface area (Å²) < 4.78 is 1.17. The van der Waals surface area contributed by atoms with Crippen LogP contribution in [-0.2, 0) is 6.54 Å². The lowest BCUT2D eigenvalue weighted by Crippen LogP contribution is -2.19. The van der Waals surface area contributed by atoms with Crippen molar-refractivity contribution in [2.45, 2.75) is 6.54 Å². The van der Waals surface area contributed by atoms with Gasteiger partial charge in [-0.3, -0.25) is 14.7 Å². The quantitative estimate of drug-likeness (QED) is 0.632. The second kappa shape index (κ2) is 4.25. The number of rotatable bonds is 2. The summed E-state index contributed by atoms with van der Waals surface area (Å²) in [6, 6.07) is 10.6. The maximum Gasteiger partial charge on any atom is 0.293 e. The van der Waals surface area contributed by atoms with Gasteiger partial charge in [0.05, 0.1) is 5.69 Å². The largest absolute Gasteiger partial charge is 0.350 e. The monoisotopic (exact) mass is 256 g/mol. The minimum atomic E-state index is -0.343. The maximum atomic E-state index is 12.3. The normalized spacial score (nSPS) is 11.0. The molecule has 3 aromatic rings. The number of aromatic amines is 2. The molecule has 0 aliphatic carbocycles. The van der Waals surface area contributed by atoms with Crippen molar-refractivity contribution in [3.63, 3.8) is 0 Å². The molecule has 0 atom stereocenters. The first kappa shape index (κ1) is 11.5. The molecule has 0 saturated heterocycles. The van der Waals surface area contributed by atoms with E-state index in [1.807, 2.05) is 24.3 Å². The van der Waals surface area contributed by atoms with Gasteiger partial charge in [-0.05, 0) is 12.1 Å². The second-order valence-electron chi connectivity index (χ2n) is 4.23. The van der Waals surface area contributed by atoms with Crippen LogP contribution in [0.5, 0.6) is 0 Å². The third-order valence-electron chi connectivity index (χ3n) is 2.98. The highest BCUT2D eigenvalue weighted by Gasteiger charge is 2.15. The first-order chi connectivity index (χ1) is 9.19. The van der Waals surface area contributed by atoms with Gasteiger partial charge in [0.15, 0.2) is 0 Å². The Balaban J connectivity index is 2.10. The van der Waals surface area contributed by atoms with E-state index in [0.717, 1.165) is 10.9 Å². The number of nitrogens with zero attached hydrogens (tertiary/aromatic N) is 1. The second-order valence-corrected chi connectivity index (χ2v) is 4.23. The minimum Gasteiger partial charge on any atom is -0.350 e. The number of hydrogen-bond donors (Lipinski definition) is 3. The lowest BCUT2D eigenvalue weighted by atomic mass is 10.2. The number of nitrogens with one attached hydrogen (secondary N) is 2. The van der Waals surface area contributed by atoms with Gasteiger partial charge in [-0.2, -0.15) is 0 Å². The number of para-hydroxylation sites is 1. The van der Waals surface area contributed by atoms with Crippen LogP contribution in [0.4, 0.5) is 0 Å². The van der Waals surface area contributed by atoms with E-state index in [-0.39, 0.29) is 18.0 Å². The summed E-state index contributed by atoms with van der Waals surface area (Å²) in [6.07, 6.45) is 0. The van der Waals surface area contributed by atoms with Crippen molar-refractivity contribution in [1.29, 1.82) is 0 Å². The average Bonchev–Trinajstić information content (AvgIpc) is 3.00. The molecule has 6 nitrogen and oxygen atoms in total. The number of carbonyl (C=O) groups is 1. The fraction of sp³-hybridized carbons (Fsp3) is 0.0769. The number of carbonyl (C=O) groups excluding carboxylic acids is 1. The van der Waals surface area contributed by atoms with Crippen LogP contribution in [0, 0.1) is 0 Å².